The number of rotatable bonds is 3. The molecule has 1 unspecified atom stereocenters. The van der Waals surface area contributed by atoms with Gasteiger partial charge in [-0.3, -0.25) is 0 Å². The summed E-state index contributed by atoms with van der Waals surface area (Å²) in [6.45, 7) is 2.28. The third-order valence-corrected chi connectivity index (χ3v) is 4.32. The van der Waals surface area contributed by atoms with Crippen molar-refractivity contribution in [3.05, 3.63) is 24.3 Å². The van der Waals surface area contributed by atoms with E-state index in [-0.39, 0.29) is 4.90 Å². The summed E-state index contributed by atoms with van der Waals surface area (Å²) in [6.07, 6.45) is 2.13. The molecule has 1 aromatic carbocycles. The molecule has 0 amide bonds. The monoisotopic (exact) mass is 269 g/mol. The van der Waals surface area contributed by atoms with Gasteiger partial charge in [0.1, 0.15) is 4.90 Å². The highest BCUT2D eigenvalue weighted by molar-refractivity contribution is 7.89. The molecule has 1 aliphatic heterocycles. The summed E-state index contributed by atoms with van der Waals surface area (Å²) >= 11 is 0. The van der Waals surface area contributed by atoms with Crippen molar-refractivity contribution in [2.45, 2.75) is 17.7 Å². The first kappa shape index (κ1) is 13.3. The molecule has 0 aromatic heterocycles. The Morgan fingerprint density at radius 3 is 2.72 bits per heavy atom. The van der Waals surface area contributed by atoms with Crippen LogP contribution in [-0.2, 0) is 10.0 Å². The number of hydrogen-bond acceptors (Lipinski definition) is 4. The van der Waals surface area contributed by atoms with E-state index >= 15 is 0 Å². The smallest absolute Gasteiger partial charge is 0.240 e. The van der Waals surface area contributed by atoms with Crippen LogP contribution in [0.1, 0.15) is 12.8 Å². The van der Waals surface area contributed by atoms with Gasteiger partial charge in [0.15, 0.2) is 0 Å². The Morgan fingerprint density at radius 2 is 2.06 bits per heavy atom. The molecule has 0 aliphatic carbocycles. The summed E-state index contributed by atoms with van der Waals surface area (Å²) in [5.74, 6) is 0.423. The molecule has 1 aromatic rings. The summed E-state index contributed by atoms with van der Waals surface area (Å²) in [5, 5.41) is 5.25. The van der Waals surface area contributed by atoms with E-state index in [1.807, 2.05) is 6.07 Å². The average Bonchev–Trinajstić information content (AvgIpc) is 2.38. The maximum atomic E-state index is 11.6. The fourth-order valence-corrected chi connectivity index (χ4v) is 3.19. The van der Waals surface area contributed by atoms with Gasteiger partial charge in [0.05, 0.1) is 5.69 Å². The highest BCUT2D eigenvalue weighted by Crippen LogP contribution is 2.28. The Bertz CT molecular complexity index is 516. The third kappa shape index (κ3) is 2.82. The molecule has 4 N–H and O–H groups in total. The number of nitrogens with two attached hydrogens (primary N) is 2. The van der Waals surface area contributed by atoms with Gasteiger partial charge in [-0.2, -0.15) is 0 Å². The molecule has 6 heteroatoms. The first-order valence-corrected chi connectivity index (χ1v) is 7.64. The van der Waals surface area contributed by atoms with Crippen LogP contribution in [0.4, 0.5) is 5.69 Å². The SMILES string of the molecule is NCC1CCCN(c2ccccc2S(N)(=O)=O)C1. The number of para-hydroxylation sites is 1. The van der Waals surface area contributed by atoms with Crippen molar-refractivity contribution < 1.29 is 8.42 Å². The molecule has 0 saturated carbocycles. The van der Waals surface area contributed by atoms with Crippen LogP contribution in [-0.4, -0.2) is 28.1 Å². The second kappa shape index (κ2) is 5.26. The average molecular weight is 269 g/mol. The Kier molecular flexibility index (Phi) is 3.89. The van der Waals surface area contributed by atoms with Crippen LogP contribution >= 0.6 is 0 Å². The van der Waals surface area contributed by atoms with Crippen LogP contribution in [0.2, 0.25) is 0 Å². The van der Waals surface area contributed by atoms with Gasteiger partial charge < -0.3 is 10.6 Å². The minimum absolute atomic E-state index is 0.197. The van der Waals surface area contributed by atoms with Crippen molar-refractivity contribution in [3.63, 3.8) is 0 Å². The lowest BCUT2D eigenvalue weighted by atomic mass is 9.98. The predicted octanol–water partition coefficient (Wildman–Crippen LogP) is 0.509. The first-order chi connectivity index (χ1) is 8.52. The summed E-state index contributed by atoms with van der Waals surface area (Å²) in [5.41, 5.74) is 6.39. The maximum Gasteiger partial charge on any atom is 0.240 e. The quantitative estimate of drug-likeness (QED) is 0.836. The van der Waals surface area contributed by atoms with Gasteiger partial charge in [-0.1, -0.05) is 12.1 Å². The van der Waals surface area contributed by atoms with Crippen molar-refractivity contribution in [1.29, 1.82) is 0 Å². The van der Waals surface area contributed by atoms with Crippen molar-refractivity contribution in [2.75, 3.05) is 24.5 Å². The lowest BCUT2D eigenvalue weighted by molar-refractivity contribution is 0.422. The minimum Gasteiger partial charge on any atom is -0.370 e. The van der Waals surface area contributed by atoms with Crippen molar-refractivity contribution in [2.24, 2.45) is 16.8 Å². The summed E-state index contributed by atoms with van der Waals surface area (Å²) in [4.78, 5) is 2.27. The van der Waals surface area contributed by atoms with Crippen molar-refractivity contribution in [3.8, 4) is 0 Å². The Balaban J connectivity index is 2.33. The molecule has 1 fully saturated rings. The van der Waals surface area contributed by atoms with Gasteiger partial charge in [0.25, 0.3) is 0 Å². The van der Waals surface area contributed by atoms with Crippen LogP contribution in [0, 0.1) is 5.92 Å². The molecule has 0 radical (unpaired) electrons. The zero-order valence-corrected chi connectivity index (χ0v) is 11.1. The van der Waals surface area contributed by atoms with E-state index in [1.165, 1.54) is 0 Å². The van der Waals surface area contributed by atoms with Gasteiger partial charge in [-0.15, -0.1) is 0 Å². The fraction of sp³-hybridized carbons (Fsp3) is 0.500. The number of anilines is 1. The van der Waals surface area contributed by atoms with Crippen LogP contribution in [0.25, 0.3) is 0 Å². The van der Waals surface area contributed by atoms with Gasteiger partial charge in [0.2, 0.25) is 10.0 Å². The standard InChI is InChI=1S/C12H19N3O2S/c13-8-10-4-3-7-15(9-10)11-5-1-2-6-12(11)18(14,16)17/h1-2,5-6,10H,3-4,7-9,13H2,(H2,14,16,17). The molecule has 1 aliphatic rings. The topological polar surface area (TPSA) is 89.4 Å². The van der Waals surface area contributed by atoms with E-state index < -0.39 is 10.0 Å². The van der Waals surface area contributed by atoms with Crippen LogP contribution < -0.4 is 15.8 Å². The molecule has 100 valence electrons. The van der Waals surface area contributed by atoms with Crippen LogP contribution in [0.15, 0.2) is 29.2 Å². The highest BCUT2D eigenvalue weighted by Gasteiger charge is 2.23. The molecule has 2 rings (SSSR count). The molecule has 5 nitrogen and oxygen atoms in total. The fourth-order valence-electron chi connectivity index (χ4n) is 2.44. The van der Waals surface area contributed by atoms with Gasteiger partial charge in [-0.05, 0) is 37.4 Å². The van der Waals surface area contributed by atoms with E-state index in [0.717, 1.165) is 25.9 Å². The summed E-state index contributed by atoms with van der Waals surface area (Å²) < 4.78 is 23.1. The van der Waals surface area contributed by atoms with E-state index in [1.54, 1.807) is 18.2 Å². The van der Waals surface area contributed by atoms with Crippen LogP contribution in [0.3, 0.4) is 0 Å². The minimum atomic E-state index is -3.68. The van der Waals surface area contributed by atoms with E-state index in [9.17, 15) is 8.42 Å². The number of primary sulfonamides is 1. The molecule has 18 heavy (non-hydrogen) atoms. The first-order valence-electron chi connectivity index (χ1n) is 6.09. The molecular weight excluding hydrogens is 250 g/mol. The molecule has 1 saturated heterocycles. The van der Waals surface area contributed by atoms with Gasteiger partial charge in [0, 0.05) is 13.1 Å². The Hall–Kier alpha value is -1.11. The predicted molar refractivity (Wildman–Crippen MR) is 71.8 cm³/mol. The maximum absolute atomic E-state index is 11.6. The van der Waals surface area contributed by atoms with E-state index in [2.05, 4.69) is 4.90 Å². The molecule has 1 heterocycles. The van der Waals surface area contributed by atoms with Gasteiger partial charge in [-0.25, -0.2) is 13.6 Å². The highest BCUT2D eigenvalue weighted by atomic mass is 32.2. The molecule has 1 atom stereocenters. The Labute approximate surface area is 108 Å². The van der Waals surface area contributed by atoms with E-state index in [0.29, 0.717) is 18.2 Å². The zero-order valence-electron chi connectivity index (χ0n) is 10.2. The van der Waals surface area contributed by atoms with Crippen LogP contribution in [0.5, 0.6) is 0 Å². The molecule has 0 bridgehead atoms. The van der Waals surface area contributed by atoms with E-state index in [4.69, 9.17) is 10.9 Å². The zero-order chi connectivity index (χ0) is 13.2. The van der Waals surface area contributed by atoms with Gasteiger partial charge >= 0.3 is 0 Å². The summed E-state index contributed by atoms with van der Waals surface area (Å²) in [7, 11) is -3.68. The number of sulfonamides is 1. The Morgan fingerprint density at radius 1 is 1.33 bits per heavy atom. The second-order valence-corrected chi connectivity index (χ2v) is 6.23. The number of benzene rings is 1. The third-order valence-electron chi connectivity index (χ3n) is 3.36. The van der Waals surface area contributed by atoms with Crippen molar-refractivity contribution in [1.82, 2.24) is 0 Å². The normalized spacial score (nSPS) is 21.0. The molecular formula is C12H19N3O2S. The largest absolute Gasteiger partial charge is 0.370 e. The number of piperidine rings is 1. The second-order valence-electron chi connectivity index (χ2n) is 4.70. The number of nitrogens with zero attached hydrogens (tertiary/aromatic N) is 1. The van der Waals surface area contributed by atoms with Crippen molar-refractivity contribution >= 4 is 15.7 Å². The lowest BCUT2D eigenvalue weighted by Gasteiger charge is -2.34. The number of hydrogen-bond donors (Lipinski definition) is 2. The molecule has 0 spiro atoms. The lowest BCUT2D eigenvalue weighted by Crippen LogP contribution is -2.39. The summed E-state index contributed by atoms with van der Waals surface area (Å²) in [6, 6.07) is 6.87.